The summed E-state index contributed by atoms with van der Waals surface area (Å²) in [6.07, 6.45) is 0. The minimum absolute atomic E-state index is 0.424. The molecule has 0 saturated carbocycles. The molecule has 1 aromatic rings. The van der Waals surface area contributed by atoms with E-state index in [0.717, 1.165) is 25.2 Å². The molecule has 0 spiro atoms. The predicted octanol–water partition coefficient (Wildman–Crippen LogP) is 0.862. The highest BCUT2D eigenvalue weighted by atomic mass is 35.5. The first-order valence-electron chi connectivity index (χ1n) is 5.45. The fraction of sp³-hybridized carbons (Fsp3) is 0.455. The van der Waals surface area contributed by atoms with E-state index in [2.05, 4.69) is 18.7 Å². The molecule has 0 radical (unpaired) electrons. The van der Waals surface area contributed by atoms with E-state index in [1.54, 1.807) is 12.1 Å². The Hall–Kier alpha value is -0.545. The second kappa shape index (κ2) is 6.25. The maximum Gasteiger partial charge on any atom is 0.488 e. The quantitative estimate of drug-likeness (QED) is 0.752. The van der Waals surface area contributed by atoms with Crippen LogP contribution in [0.3, 0.4) is 0 Å². The van der Waals surface area contributed by atoms with Gasteiger partial charge in [-0.15, -0.1) is 0 Å². The molecule has 0 aliphatic carbocycles. The topological polar surface area (TPSA) is 43.7 Å². The first-order chi connectivity index (χ1) is 7.58. The number of benzene rings is 1. The summed E-state index contributed by atoms with van der Waals surface area (Å²) in [5.41, 5.74) is 1.43. The minimum atomic E-state index is -1.46. The summed E-state index contributed by atoms with van der Waals surface area (Å²) < 4.78 is 0. The van der Waals surface area contributed by atoms with Gasteiger partial charge in [-0.25, -0.2) is 0 Å². The SMILES string of the molecule is CCN(CC)Cc1ccc(B(O)O)cc1Cl. The molecule has 3 nitrogen and oxygen atoms in total. The van der Waals surface area contributed by atoms with Crippen LogP contribution >= 0.6 is 11.6 Å². The Labute approximate surface area is 102 Å². The summed E-state index contributed by atoms with van der Waals surface area (Å²) in [5.74, 6) is 0. The van der Waals surface area contributed by atoms with E-state index in [9.17, 15) is 0 Å². The fourth-order valence-corrected chi connectivity index (χ4v) is 1.79. The van der Waals surface area contributed by atoms with E-state index < -0.39 is 7.12 Å². The Morgan fingerprint density at radius 3 is 2.31 bits per heavy atom. The highest BCUT2D eigenvalue weighted by Crippen LogP contribution is 2.16. The third kappa shape index (κ3) is 3.49. The molecule has 1 rings (SSSR count). The standard InChI is InChI=1S/C11H17BClNO2/c1-3-14(4-2)8-9-5-6-10(12(15)16)7-11(9)13/h5-7,15-16H,3-4,8H2,1-2H3. The van der Waals surface area contributed by atoms with Crippen LogP contribution in [-0.2, 0) is 6.54 Å². The van der Waals surface area contributed by atoms with Crippen LogP contribution in [0.1, 0.15) is 19.4 Å². The zero-order chi connectivity index (χ0) is 12.1. The Morgan fingerprint density at radius 2 is 1.88 bits per heavy atom. The normalized spacial score (nSPS) is 10.9. The largest absolute Gasteiger partial charge is 0.488 e. The Kier molecular flexibility index (Phi) is 5.28. The lowest BCUT2D eigenvalue weighted by molar-refractivity contribution is 0.296. The highest BCUT2D eigenvalue weighted by Gasteiger charge is 2.13. The van der Waals surface area contributed by atoms with Crippen molar-refractivity contribution in [3.8, 4) is 0 Å². The molecule has 88 valence electrons. The van der Waals surface area contributed by atoms with Crippen molar-refractivity contribution in [2.75, 3.05) is 13.1 Å². The van der Waals surface area contributed by atoms with Gasteiger partial charge in [0.25, 0.3) is 0 Å². The molecule has 5 heteroatoms. The van der Waals surface area contributed by atoms with Gasteiger partial charge in [-0.2, -0.15) is 0 Å². The van der Waals surface area contributed by atoms with E-state index in [-0.39, 0.29) is 0 Å². The van der Waals surface area contributed by atoms with Gasteiger partial charge in [0.05, 0.1) is 0 Å². The fourth-order valence-electron chi connectivity index (χ4n) is 1.54. The van der Waals surface area contributed by atoms with Crippen LogP contribution in [0.5, 0.6) is 0 Å². The summed E-state index contributed by atoms with van der Waals surface area (Å²) >= 11 is 6.08. The van der Waals surface area contributed by atoms with E-state index >= 15 is 0 Å². The molecule has 0 atom stereocenters. The highest BCUT2D eigenvalue weighted by molar-refractivity contribution is 6.59. The van der Waals surface area contributed by atoms with Crippen molar-refractivity contribution in [1.29, 1.82) is 0 Å². The molecule has 0 heterocycles. The van der Waals surface area contributed by atoms with Crippen LogP contribution in [0.4, 0.5) is 0 Å². The van der Waals surface area contributed by atoms with Crippen LogP contribution in [0, 0.1) is 0 Å². The van der Waals surface area contributed by atoms with Gasteiger partial charge in [0, 0.05) is 11.6 Å². The van der Waals surface area contributed by atoms with Gasteiger partial charge in [-0.05, 0) is 30.2 Å². The maximum atomic E-state index is 9.00. The summed E-state index contributed by atoms with van der Waals surface area (Å²) in [5, 5.41) is 18.6. The lowest BCUT2D eigenvalue weighted by Crippen LogP contribution is -2.30. The van der Waals surface area contributed by atoms with Crippen molar-refractivity contribution in [2.24, 2.45) is 0 Å². The average molecular weight is 242 g/mol. The van der Waals surface area contributed by atoms with E-state index in [4.69, 9.17) is 21.6 Å². The number of nitrogens with zero attached hydrogens (tertiary/aromatic N) is 1. The summed E-state index contributed by atoms with van der Waals surface area (Å²) in [7, 11) is -1.46. The van der Waals surface area contributed by atoms with Gasteiger partial charge < -0.3 is 10.0 Å². The predicted molar refractivity (Wildman–Crippen MR) is 67.9 cm³/mol. The molecule has 1 aromatic carbocycles. The number of rotatable bonds is 5. The first-order valence-corrected chi connectivity index (χ1v) is 5.83. The van der Waals surface area contributed by atoms with Gasteiger partial charge >= 0.3 is 7.12 Å². The first kappa shape index (κ1) is 13.5. The second-order valence-electron chi connectivity index (χ2n) is 3.69. The third-order valence-electron chi connectivity index (χ3n) is 2.66. The van der Waals surface area contributed by atoms with E-state index in [0.29, 0.717) is 10.5 Å². The molecule has 0 aliphatic heterocycles. The van der Waals surface area contributed by atoms with Gasteiger partial charge in [0.1, 0.15) is 0 Å². The van der Waals surface area contributed by atoms with Crippen molar-refractivity contribution >= 4 is 24.2 Å². The Bertz CT molecular complexity index is 343. The van der Waals surface area contributed by atoms with E-state index in [1.807, 2.05) is 6.07 Å². The Morgan fingerprint density at radius 1 is 1.25 bits per heavy atom. The third-order valence-corrected chi connectivity index (χ3v) is 3.02. The molecule has 0 fully saturated rings. The van der Waals surface area contributed by atoms with E-state index in [1.165, 1.54) is 0 Å². The van der Waals surface area contributed by atoms with Crippen LogP contribution in [0.15, 0.2) is 18.2 Å². The smallest absolute Gasteiger partial charge is 0.423 e. The molecule has 0 aromatic heterocycles. The number of hydrogen-bond donors (Lipinski definition) is 2. The van der Waals surface area contributed by atoms with Crippen molar-refractivity contribution in [3.05, 3.63) is 28.8 Å². The molecule has 0 bridgehead atoms. The maximum absolute atomic E-state index is 9.00. The molecule has 2 N–H and O–H groups in total. The van der Waals surface area contributed by atoms with Gasteiger partial charge in [-0.3, -0.25) is 4.90 Å². The molecule has 16 heavy (non-hydrogen) atoms. The van der Waals surface area contributed by atoms with Crippen molar-refractivity contribution in [1.82, 2.24) is 4.90 Å². The summed E-state index contributed by atoms with van der Waals surface area (Å²) in [4.78, 5) is 2.25. The molecule has 0 unspecified atom stereocenters. The van der Waals surface area contributed by atoms with Crippen LogP contribution in [0.25, 0.3) is 0 Å². The molecule has 0 aliphatic rings. The second-order valence-corrected chi connectivity index (χ2v) is 4.09. The van der Waals surface area contributed by atoms with Crippen molar-refractivity contribution in [3.63, 3.8) is 0 Å². The van der Waals surface area contributed by atoms with Gasteiger partial charge in [0.15, 0.2) is 0 Å². The minimum Gasteiger partial charge on any atom is -0.423 e. The van der Waals surface area contributed by atoms with Gasteiger partial charge in [-0.1, -0.05) is 37.6 Å². The number of hydrogen-bond acceptors (Lipinski definition) is 3. The summed E-state index contributed by atoms with van der Waals surface area (Å²) in [6, 6.07) is 5.13. The van der Waals surface area contributed by atoms with Crippen LogP contribution < -0.4 is 5.46 Å². The van der Waals surface area contributed by atoms with Crippen molar-refractivity contribution < 1.29 is 10.0 Å². The lowest BCUT2D eigenvalue weighted by Gasteiger charge is -2.19. The molecule has 0 saturated heterocycles. The zero-order valence-corrected chi connectivity index (χ0v) is 10.4. The number of halogens is 1. The monoisotopic (exact) mass is 241 g/mol. The summed E-state index contributed by atoms with van der Waals surface area (Å²) in [6.45, 7) is 6.93. The van der Waals surface area contributed by atoms with Gasteiger partial charge in [0.2, 0.25) is 0 Å². The van der Waals surface area contributed by atoms with Crippen LogP contribution in [-0.4, -0.2) is 35.2 Å². The molecular weight excluding hydrogens is 224 g/mol. The Balaban J connectivity index is 2.82. The molecule has 0 amide bonds. The zero-order valence-electron chi connectivity index (χ0n) is 9.65. The van der Waals surface area contributed by atoms with Crippen LogP contribution in [0.2, 0.25) is 5.02 Å². The lowest BCUT2D eigenvalue weighted by atomic mass is 9.80. The molecular formula is C11H17BClNO2. The average Bonchev–Trinajstić information content (AvgIpc) is 2.27. The van der Waals surface area contributed by atoms with Crippen molar-refractivity contribution in [2.45, 2.75) is 20.4 Å².